The molecule has 0 spiro atoms. The van der Waals surface area contributed by atoms with Gasteiger partial charge in [-0.05, 0) is 73.0 Å². The van der Waals surface area contributed by atoms with Gasteiger partial charge >= 0.3 is 0 Å². The molecule has 0 fully saturated rings. The van der Waals surface area contributed by atoms with Crippen molar-refractivity contribution in [2.45, 2.75) is 24.3 Å². The number of rotatable bonds is 9. The number of sulfonamides is 1. The molecular weight excluding hydrogens is 538 g/mol. The number of hydrogen-bond acceptors (Lipinski definition) is 5. The minimum Gasteiger partial charge on any atom is -0.358 e. The van der Waals surface area contributed by atoms with Crippen LogP contribution in [0.15, 0.2) is 120 Å². The van der Waals surface area contributed by atoms with Gasteiger partial charge in [-0.2, -0.15) is 0 Å². The quantitative estimate of drug-likeness (QED) is 0.231. The summed E-state index contributed by atoms with van der Waals surface area (Å²) in [5, 5.41) is 3.63. The third kappa shape index (κ3) is 5.95. The molecule has 0 aliphatic carbocycles. The molecule has 0 saturated carbocycles. The first-order valence-corrected chi connectivity index (χ1v) is 14.4. The maximum absolute atomic E-state index is 14.1. The number of fused-ring (bicyclic) bond motifs is 1. The number of anilines is 1. The van der Waals surface area contributed by atoms with Crippen molar-refractivity contribution in [1.29, 1.82) is 0 Å². The number of para-hydroxylation sites is 1. The van der Waals surface area contributed by atoms with E-state index in [1.807, 2.05) is 30.3 Å². The van der Waals surface area contributed by atoms with Crippen molar-refractivity contribution in [1.82, 2.24) is 9.29 Å². The second-order valence-corrected chi connectivity index (χ2v) is 11.3. The van der Waals surface area contributed by atoms with E-state index in [-0.39, 0.29) is 22.7 Å². The van der Waals surface area contributed by atoms with Crippen molar-refractivity contribution >= 4 is 44.2 Å². The molecule has 2 N–H and O–H groups in total. The molecule has 0 aliphatic rings. The number of nitrogens with zero attached hydrogens (tertiary/aromatic N) is 1. The highest BCUT2D eigenvalue weighted by Gasteiger charge is 2.40. The summed E-state index contributed by atoms with van der Waals surface area (Å²) in [5.74, 6) is -1.67. The largest absolute Gasteiger partial charge is 0.358 e. The summed E-state index contributed by atoms with van der Waals surface area (Å²) in [5.41, 5.74) is 2.32. The molecule has 0 aliphatic heterocycles. The molecule has 9 heteroatoms. The van der Waals surface area contributed by atoms with E-state index in [0.29, 0.717) is 21.2 Å². The molecular formula is C32H27N3O5S. The summed E-state index contributed by atoms with van der Waals surface area (Å²) in [6.45, 7) is 1.44. The van der Waals surface area contributed by atoms with Gasteiger partial charge < -0.3 is 10.3 Å². The lowest BCUT2D eigenvalue weighted by Gasteiger charge is -2.30. The lowest BCUT2D eigenvalue weighted by atomic mass is 10.1. The van der Waals surface area contributed by atoms with Crippen LogP contribution in [0.1, 0.15) is 33.3 Å². The van der Waals surface area contributed by atoms with Crippen LogP contribution in [0, 0.1) is 0 Å². The summed E-state index contributed by atoms with van der Waals surface area (Å²) in [7, 11) is -4.49. The van der Waals surface area contributed by atoms with Crippen molar-refractivity contribution in [2.24, 2.45) is 0 Å². The fourth-order valence-electron chi connectivity index (χ4n) is 4.58. The molecule has 1 atom stereocenters. The van der Waals surface area contributed by atoms with Crippen LogP contribution in [0.2, 0.25) is 0 Å². The molecule has 2 amide bonds. The van der Waals surface area contributed by atoms with Gasteiger partial charge in [0.25, 0.3) is 15.9 Å². The van der Waals surface area contributed by atoms with E-state index in [1.54, 1.807) is 60.7 Å². The van der Waals surface area contributed by atoms with Gasteiger partial charge in [-0.25, -0.2) is 12.7 Å². The zero-order valence-corrected chi connectivity index (χ0v) is 23.0. The van der Waals surface area contributed by atoms with Gasteiger partial charge in [0.2, 0.25) is 5.91 Å². The summed E-state index contributed by atoms with van der Waals surface area (Å²) in [6, 6.07) is 29.7. The zero-order chi connectivity index (χ0) is 29.0. The molecule has 0 bridgehead atoms. The Balaban J connectivity index is 1.62. The van der Waals surface area contributed by atoms with Gasteiger partial charge in [0.1, 0.15) is 6.04 Å². The average Bonchev–Trinajstić information content (AvgIpc) is 3.40. The standard InChI is InChI=1S/C32H27N3O5S/c1-22(36)23-16-18-26(19-17-23)34-31(37)30(21-27-20-25-12-8-9-15-29(25)33-27)35(32(38)24-10-4-2-5-11-24)41(39,40)28-13-6-3-7-14-28/h2-20,30,33H,21H2,1H3,(H,34,37). The Bertz CT molecular complexity index is 1780. The number of nitrogens with one attached hydrogen (secondary N) is 2. The maximum atomic E-state index is 14.1. The number of carbonyl (C=O) groups excluding carboxylic acids is 3. The van der Waals surface area contributed by atoms with E-state index >= 15 is 0 Å². The normalized spacial score (nSPS) is 12.0. The molecule has 1 heterocycles. The minimum absolute atomic E-state index is 0.114. The number of H-pyrrole nitrogens is 1. The first-order valence-electron chi connectivity index (χ1n) is 12.9. The third-order valence-corrected chi connectivity index (χ3v) is 8.47. The second-order valence-electron chi connectivity index (χ2n) is 9.51. The van der Waals surface area contributed by atoms with Gasteiger partial charge in [-0.3, -0.25) is 14.4 Å². The van der Waals surface area contributed by atoms with E-state index in [2.05, 4.69) is 10.3 Å². The average molecular weight is 566 g/mol. The number of carbonyl (C=O) groups is 3. The van der Waals surface area contributed by atoms with Crippen LogP contribution in [0.5, 0.6) is 0 Å². The summed E-state index contributed by atoms with van der Waals surface area (Å²) >= 11 is 0. The maximum Gasteiger partial charge on any atom is 0.268 e. The van der Waals surface area contributed by atoms with E-state index < -0.39 is 27.9 Å². The highest BCUT2D eigenvalue weighted by Crippen LogP contribution is 2.26. The molecule has 4 aromatic carbocycles. The Morgan fingerprint density at radius 1 is 0.780 bits per heavy atom. The van der Waals surface area contributed by atoms with Crippen molar-refractivity contribution in [3.05, 3.63) is 132 Å². The van der Waals surface area contributed by atoms with Gasteiger partial charge in [0, 0.05) is 34.4 Å². The van der Waals surface area contributed by atoms with Gasteiger partial charge in [-0.15, -0.1) is 0 Å². The number of Topliss-reactive ketones (excluding diaryl/α,β-unsaturated/α-hetero) is 1. The predicted molar refractivity (Wildman–Crippen MR) is 157 cm³/mol. The predicted octanol–water partition coefficient (Wildman–Crippen LogP) is 5.45. The van der Waals surface area contributed by atoms with Crippen LogP contribution in [0.25, 0.3) is 10.9 Å². The Kier molecular flexibility index (Phi) is 7.80. The Morgan fingerprint density at radius 2 is 1.39 bits per heavy atom. The van der Waals surface area contributed by atoms with Crippen LogP contribution in [-0.2, 0) is 21.2 Å². The zero-order valence-electron chi connectivity index (χ0n) is 22.2. The van der Waals surface area contributed by atoms with E-state index in [4.69, 9.17) is 0 Å². The molecule has 5 aromatic rings. The lowest BCUT2D eigenvalue weighted by Crippen LogP contribution is -2.51. The van der Waals surface area contributed by atoms with Crippen molar-refractivity contribution < 1.29 is 22.8 Å². The minimum atomic E-state index is -4.49. The highest BCUT2D eigenvalue weighted by atomic mass is 32.2. The molecule has 1 unspecified atom stereocenters. The van der Waals surface area contributed by atoms with E-state index in [0.717, 1.165) is 10.9 Å². The smallest absolute Gasteiger partial charge is 0.268 e. The molecule has 206 valence electrons. The second kappa shape index (κ2) is 11.6. The van der Waals surface area contributed by atoms with Crippen molar-refractivity contribution in [3.8, 4) is 0 Å². The molecule has 41 heavy (non-hydrogen) atoms. The van der Waals surface area contributed by atoms with Gasteiger partial charge in [0.15, 0.2) is 5.78 Å². The van der Waals surface area contributed by atoms with Crippen LogP contribution >= 0.6 is 0 Å². The monoisotopic (exact) mass is 565 g/mol. The van der Waals surface area contributed by atoms with Crippen molar-refractivity contribution in [3.63, 3.8) is 0 Å². The summed E-state index contributed by atoms with van der Waals surface area (Å²) < 4.78 is 28.9. The number of ketones is 1. The third-order valence-electron chi connectivity index (χ3n) is 6.66. The highest BCUT2D eigenvalue weighted by molar-refractivity contribution is 7.89. The van der Waals surface area contributed by atoms with Crippen LogP contribution < -0.4 is 5.32 Å². The number of aromatic nitrogens is 1. The van der Waals surface area contributed by atoms with Gasteiger partial charge in [-0.1, -0.05) is 54.6 Å². The Labute approximate surface area is 237 Å². The summed E-state index contributed by atoms with van der Waals surface area (Å²) in [6.07, 6.45) is -0.114. The first kappa shape index (κ1) is 27.5. The number of aromatic amines is 1. The number of amides is 2. The van der Waals surface area contributed by atoms with Crippen LogP contribution in [0.3, 0.4) is 0 Å². The number of benzene rings is 4. The first-order chi connectivity index (χ1) is 19.7. The summed E-state index contributed by atoms with van der Waals surface area (Å²) in [4.78, 5) is 42.7. The van der Waals surface area contributed by atoms with Crippen molar-refractivity contribution in [2.75, 3.05) is 5.32 Å². The lowest BCUT2D eigenvalue weighted by molar-refractivity contribution is -0.119. The van der Waals surface area contributed by atoms with Gasteiger partial charge in [0.05, 0.1) is 4.90 Å². The van der Waals surface area contributed by atoms with Crippen LogP contribution in [-0.4, -0.2) is 41.3 Å². The Hall–Kier alpha value is -5.02. The van der Waals surface area contributed by atoms with E-state index in [1.165, 1.54) is 31.2 Å². The molecule has 0 radical (unpaired) electrons. The molecule has 8 nitrogen and oxygen atoms in total. The molecule has 1 aromatic heterocycles. The Morgan fingerprint density at radius 3 is 2.02 bits per heavy atom. The number of hydrogen-bond donors (Lipinski definition) is 2. The topological polar surface area (TPSA) is 116 Å². The molecule has 0 saturated heterocycles. The fraction of sp³-hybridized carbons (Fsp3) is 0.0938. The fourth-order valence-corrected chi connectivity index (χ4v) is 6.14. The van der Waals surface area contributed by atoms with Crippen LogP contribution in [0.4, 0.5) is 5.69 Å². The van der Waals surface area contributed by atoms with E-state index in [9.17, 15) is 22.8 Å². The SMILES string of the molecule is CC(=O)c1ccc(NC(=O)C(Cc2cc3ccccc3[nH]2)N(C(=O)c2ccccc2)S(=O)(=O)c2ccccc2)cc1. The molecule has 5 rings (SSSR count).